The minimum absolute atomic E-state index is 0.0448. The molecule has 3 N–H and O–H groups in total. The summed E-state index contributed by atoms with van der Waals surface area (Å²) in [4.78, 5) is 12.2. The van der Waals surface area contributed by atoms with Crippen LogP contribution in [-0.4, -0.2) is 30.8 Å². The zero-order valence-corrected chi connectivity index (χ0v) is 11.6. The lowest BCUT2D eigenvalue weighted by molar-refractivity contribution is 0.0871. The Balaban J connectivity index is 2.23. The van der Waals surface area contributed by atoms with Gasteiger partial charge in [0.15, 0.2) is 11.5 Å². The van der Waals surface area contributed by atoms with Crippen LogP contribution in [0.15, 0.2) is 21.1 Å². The monoisotopic (exact) mass is 279 g/mol. The summed E-state index contributed by atoms with van der Waals surface area (Å²) in [5.41, 5.74) is 6.12. The van der Waals surface area contributed by atoms with E-state index in [1.165, 1.54) is 0 Å². The van der Waals surface area contributed by atoms with E-state index in [0.29, 0.717) is 18.1 Å². The summed E-state index contributed by atoms with van der Waals surface area (Å²) in [6.45, 7) is 4.00. The minimum Gasteiger partial charge on any atom is -0.460 e. The van der Waals surface area contributed by atoms with Crippen LogP contribution in [0.1, 0.15) is 23.0 Å². The number of hydrogen-bond donors (Lipinski definition) is 2. The number of carbonyl (C=O) groups excluding carboxylic acids is 1. The molecular weight excluding hydrogens is 262 g/mol. The molecule has 0 aliphatic carbocycles. The maximum atomic E-state index is 12.2. The van der Waals surface area contributed by atoms with Gasteiger partial charge in [-0.05, 0) is 26.0 Å². The molecule has 0 aliphatic heterocycles. The highest BCUT2D eigenvalue weighted by molar-refractivity contribution is 6.03. The molecule has 0 radical (unpaired) electrons. The fourth-order valence-corrected chi connectivity index (χ4v) is 1.66. The highest BCUT2D eigenvalue weighted by Gasteiger charge is 2.24. The lowest BCUT2D eigenvalue weighted by Crippen LogP contribution is -2.32. The predicted octanol–water partition coefficient (Wildman–Crippen LogP) is 1.59. The summed E-state index contributed by atoms with van der Waals surface area (Å²) in [5, 5.41) is 6.49. The van der Waals surface area contributed by atoms with E-state index in [0.717, 1.165) is 0 Å². The fourth-order valence-electron chi connectivity index (χ4n) is 1.66. The Morgan fingerprint density at radius 3 is 2.90 bits per heavy atom. The summed E-state index contributed by atoms with van der Waals surface area (Å²) in [5.74, 6) is 0.724. The third kappa shape index (κ3) is 2.83. The molecule has 0 spiro atoms. The first-order valence-electron chi connectivity index (χ1n) is 6.16. The molecule has 108 valence electrons. The van der Waals surface area contributed by atoms with Crippen LogP contribution < -0.4 is 11.1 Å². The van der Waals surface area contributed by atoms with E-state index in [-0.39, 0.29) is 29.2 Å². The van der Waals surface area contributed by atoms with Crippen molar-refractivity contribution in [2.24, 2.45) is 0 Å². The molecule has 0 aliphatic rings. The number of aryl methyl sites for hydroxylation is 1. The smallest absolute Gasteiger partial charge is 0.259 e. The van der Waals surface area contributed by atoms with Crippen LogP contribution in [0.25, 0.3) is 11.5 Å². The topological polar surface area (TPSA) is 104 Å². The molecule has 1 atom stereocenters. The van der Waals surface area contributed by atoms with Gasteiger partial charge >= 0.3 is 0 Å². The highest BCUT2D eigenvalue weighted by Crippen LogP contribution is 2.28. The van der Waals surface area contributed by atoms with Gasteiger partial charge in [-0.25, -0.2) is 0 Å². The van der Waals surface area contributed by atoms with Gasteiger partial charge in [0.1, 0.15) is 11.3 Å². The average molecular weight is 279 g/mol. The van der Waals surface area contributed by atoms with Crippen LogP contribution in [0, 0.1) is 6.92 Å². The summed E-state index contributed by atoms with van der Waals surface area (Å²) in [6.07, 6.45) is -0.102. The zero-order chi connectivity index (χ0) is 14.7. The highest BCUT2D eigenvalue weighted by atomic mass is 16.5. The second-order valence-electron chi connectivity index (χ2n) is 4.44. The number of nitrogens with one attached hydrogen (secondary N) is 1. The predicted molar refractivity (Wildman–Crippen MR) is 72.2 cm³/mol. The van der Waals surface area contributed by atoms with Crippen molar-refractivity contribution < 1.29 is 18.5 Å². The van der Waals surface area contributed by atoms with E-state index in [9.17, 15) is 4.79 Å². The number of nitrogens with two attached hydrogens (primary N) is 1. The number of aromatic nitrogens is 1. The third-order valence-corrected chi connectivity index (χ3v) is 2.87. The van der Waals surface area contributed by atoms with Crippen molar-refractivity contribution in [3.63, 3.8) is 0 Å². The fraction of sp³-hybridized carbons (Fsp3) is 0.385. The standard InChI is InChI=1S/C13H17N3O4/c1-7-4-5-9(19-7)11-10(12(14)20-16-11)13(17)15-6-8(2)18-3/h4-5,8H,6,14H2,1-3H3,(H,15,17). The molecule has 0 fully saturated rings. The Morgan fingerprint density at radius 1 is 1.55 bits per heavy atom. The summed E-state index contributed by atoms with van der Waals surface area (Å²) < 4.78 is 15.4. The van der Waals surface area contributed by atoms with Crippen LogP contribution >= 0.6 is 0 Å². The van der Waals surface area contributed by atoms with Gasteiger partial charge in [0.05, 0.1) is 6.10 Å². The second-order valence-corrected chi connectivity index (χ2v) is 4.44. The van der Waals surface area contributed by atoms with E-state index in [4.69, 9.17) is 19.4 Å². The number of methoxy groups -OCH3 is 1. The molecule has 7 heteroatoms. The van der Waals surface area contributed by atoms with E-state index in [1.807, 2.05) is 6.92 Å². The molecule has 0 saturated carbocycles. The number of amides is 1. The molecule has 0 saturated heterocycles. The van der Waals surface area contributed by atoms with Gasteiger partial charge in [-0.3, -0.25) is 4.79 Å². The van der Waals surface area contributed by atoms with Gasteiger partial charge in [0, 0.05) is 13.7 Å². The van der Waals surface area contributed by atoms with E-state index in [1.54, 1.807) is 26.2 Å². The van der Waals surface area contributed by atoms with Crippen LogP contribution in [0.4, 0.5) is 5.88 Å². The number of nitrogens with zero attached hydrogens (tertiary/aromatic N) is 1. The molecular formula is C13H17N3O4. The van der Waals surface area contributed by atoms with Gasteiger partial charge in [-0.2, -0.15) is 0 Å². The maximum absolute atomic E-state index is 12.2. The lowest BCUT2D eigenvalue weighted by Gasteiger charge is -2.10. The largest absolute Gasteiger partial charge is 0.460 e. The van der Waals surface area contributed by atoms with Crippen LogP contribution in [0.3, 0.4) is 0 Å². The number of anilines is 1. The molecule has 0 bridgehead atoms. The molecule has 20 heavy (non-hydrogen) atoms. The molecule has 1 amide bonds. The number of rotatable bonds is 5. The molecule has 2 rings (SSSR count). The van der Waals surface area contributed by atoms with Gasteiger partial charge in [-0.15, -0.1) is 0 Å². The molecule has 1 unspecified atom stereocenters. The Hall–Kier alpha value is -2.28. The van der Waals surface area contributed by atoms with Crippen molar-refractivity contribution in [3.8, 4) is 11.5 Å². The summed E-state index contributed by atoms with van der Waals surface area (Å²) in [7, 11) is 1.57. The van der Waals surface area contributed by atoms with Crippen LogP contribution in [0.5, 0.6) is 0 Å². The maximum Gasteiger partial charge on any atom is 0.259 e. The quantitative estimate of drug-likeness (QED) is 0.861. The van der Waals surface area contributed by atoms with Crippen molar-refractivity contribution in [3.05, 3.63) is 23.5 Å². The second kappa shape index (κ2) is 5.79. The average Bonchev–Trinajstić information content (AvgIpc) is 3.01. The van der Waals surface area contributed by atoms with Crippen molar-refractivity contribution in [2.45, 2.75) is 20.0 Å². The lowest BCUT2D eigenvalue weighted by atomic mass is 10.2. The van der Waals surface area contributed by atoms with E-state index in [2.05, 4.69) is 10.5 Å². The summed E-state index contributed by atoms with van der Waals surface area (Å²) in [6, 6.07) is 3.48. The number of furan rings is 1. The van der Waals surface area contributed by atoms with Crippen LogP contribution in [0.2, 0.25) is 0 Å². The number of ether oxygens (including phenoxy) is 1. The van der Waals surface area contributed by atoms with Gasteiger partial charge in [-0.1, -0.05) is 5.16 Å². The van der Waals surface area contributed by atoms with Gasteiger partial charge < -0.3 is 24.7 Å². The number of nitrogen functional groups attached to an aromatic ring is 1. The first-order valence-corrected chi connectivity index (χ1v) is 6.16. The summed E-state index contributed by atoms with van der Waals surface area (Å²) >= 11 is 0. The molecule has 0 aromatic carbocycles. The zero-order valence-electron chi connectivity index (χ0n) is 11.6. The van der Waals surface area contributed by atoms with Crippen molar-refractivity contribution in [2.75, 3.05) is 19.4 Å². The number of hydrogen-bond acceptors (Lipinski definition) is 6. The van der Waals surface area contributed by atoms with Crippen molar-refractivity contribution in [1.82, 2.24) is 10.5 Å². The Bertz CT molecular complexity index is 603. The van der Waals surface area contributed by atoms with Gasteiger partial charge in [0.25, 0.3) is 5.91 Å². The third-order valence-electron chi connectivity index (χ3n) is 2.87. The minimum atomic E-state index is -0.378. The van der Waals surface area contributed by atoms with Crippen molar-refractivity contribution >= 4 is 11.8 Å². The molecule has 2 aromatic heterocycles. The van der Waals surface area contributed by atoms with Gasteiger partial charge in [0.2, 0.25) is 5.88 Å². The molecule has 2 aromatic rings. The number of carbonyl (C=O) groups is 1. The van der Waals surface area contributed by atoms with Crippen molar-refractivity contribution in [1.29, 1.82) is 0 Å². The van der Waals surface area contributed by atoms with E-state index >= 15 is 0 Å². The molecule has 2 heterocycles. The molecule has 7 nitrogen and oxygen atoms in total. The van der Waals surface area contributed by atoms with E-state index < -0.39 is 0 Å². The SMILES string of the molecule is COC(C)CNC(=O)c1c(-c2ccc(C)o2)noc1N. The normalized spacial score (nSPS) is 12.3. The van der Waals surface area contributed by atoms with Crippen LogP contribution in [-0.2, 0) is 4.74 Å². The Labute approximate surface area is 116 Å². The first-order chi connectivity index (χ1) is 9.52. The Morgan fingerprint density at radius 2 is 2.30 bits per heavy atom. The first kappa shape index (κ1) is 14.1. The Kier molecular flexibility index (Phi) is 4.09.